The fraction of sp³-hybridized carbons (Fsp3) is 0.600. The highest BCUT2D eigenvalue weighted by atomic mass is 16.6. The van der Waals surface area contributed by atoms with Crippen molar-refractivity contribution < 1.29 is 9.66 Å². The molecule has 0 aliphatic carbocycles. The lowest BCUT2D eigenvalue weighted by atomic mass is 10.1. The molecule has 0 amide bonds. The van der Waals surface area contributed by atoms with Gasteiger partial charge in [0.25, 0.3) is 0 Å². The molecule has 116 valence electrons. The number of nitro benzene ring substituents is 1. The Labute approximate surface area is 125 Å². The average molecular weight is 293 g/mol. The molecule has 21 heavy (non-hydrogen) atoms. The molecule has 1 N–H and O–H groups in total. The molecule has 6 nitrogen and oxygen atoms in total. The Morgan fingerprint density at radius 1 is 1.43 bits per heavy atom. The number of nitro groups is 1. The molecule has 1 fully saturated rings. The van der Waals surface area contributed by atoms with Crippen LogP contribution in [0.5, 0.6) is 5.75 Å². The van der Waals surface area contributed by atoms with Crippen molar-refractivity contribution in [2.24, 2.45) is 0 Å². The summed E-state index contributed by atoms with van der Waals surface area (Å²) in [6, 6.07) is 5.57. The first kappa shape index (κ1) is 15.6. The molecule has 1 aliphatic heterocycles. The Kier molecular flexibility index (Phi) is 5.38. The number of hydrogen-bond acceptors (Lipinski definition) is 5. The van der Waals surface area contributed by atoms with Gasteiger partial charge in [0.2, 0.25) is 0 Å². The smallest absolute Gasteiger partial charge is 0.311 e. The van der Waals surface area contributed by atoms with E-state index in [1.165, 1.54) is 6.07 Å². The SMILES string of the molecule is CCOc1cc(N(C)C2CCCNCC2)ccc1[N+](=O)[O-]. The Balaban J connectivity index is 2.21. The molecule has 2 rings (SSSR count). The number of benzene rings is 1. The molecule has 0 aromatic heterocycles. The molecular formula is C15H23N3O3. The number of nitrogens with one attached hydrogen (secondary N) is 1. The fourth-order valence-electron chi connectivity index (χ4n) is 2.74. The molecule has 0 spiro atoms. The Morgan fingerprint density at radius 2 is 2.24 bits per heavy atom. The number of rotatable bonds is 5. The van der Waals surface area contributed by atoms with Crippen molar-refractivity contribution in [3.05, 3.63) is 28.3 Å². The van der Waals surface area contributed by atoms with Gasteiger partial charge in [0.05, 0.1) is 11.5 Å². The van der Waals surface area contributed by atoms with Crippen LogP contribution in [-0.4, -0.2) is 37.7 Å². The second kappa shape index (κ2) is 7.26. The van der Waals surface area contributed by atoms with Crippen LogP contribution < -0.4 is 15.0 Å². The van der Waals surface area contributed by atoms with E-state index in [1.807, 2.05) is 14.0 Å². The van der Waals surface area contributed by atoms with Gasteiger partial charge < -0.3 is 15.0 Å². The van der Waals surface area contributed by atoms with E-state index >= 15 is 0 Å². The van der Waals surface area contributed by atoms with Crippen molar-refractivity contribution in [1.29, 1.82) is 0 Å². The summed E-state index contributed by atoms with van der Waals surface area (Å²) in [7, 11) is 2.05. The van der Waals surface area contributed by atoms with Crippen LogP contribution in [0.2, 0.25) is 0 Å². The predicted octanol–water partition coefficient (Wildman–Crippen LogP) is 2.57. The molecule has 1 atom stereocenters. The van der Waals surface area contributed by atoms with Crippen LogP contribution in [0, 0.1) is 10.1 Å². The lowest BCUT2D eigenvalue weighted by Gasteiger charge is -2.29. The zero-order valence-corrected chi connectivity index (χ0v) is 12.7. The quantitative estimate of drug-likeness (QED) is 0.667. The van der Waals surface area contributed by atoms with Gasteiger partial charge in [-0.2, -0.15) is 0 Å². The van der Waals surface area contributed by atoms with Crippen LogP contribution in [0.1, 0.15) is 26.2 Å². The van der Waals surface area contributed by atoms with Crippen molar-refractivity contribution in [2.75, 3.05) is 31.6 Å². The summed E-state index contributed by atoms with van der Waals surface area (Å²) in [6.07, 6.45) is 3.36. The van der Waals surface area contributed by atoms with Gasteiger partial charge in [-0.25, -0.2) is 0 Å². The fourth-order valence-corrected chi connectivity index (χ4v) is 2.74. The van der Waals surface area contributed by atoms with E-state index in [0.29, 0.717) is 18.4 Å². The Bertz CT molecular complexity index is 485. The molecule has 1 saturated heterocycles. The van der Waals surface area contributed by atoms with E-state index in [-0.39, 0.29) is 5.69 Å². The molecule has 1 aromatic rings. The molecule has 1 unspecified atom stereocenters. The minimum atomic E-state index is -0.398. The first-order chi connectivity index (χ1) is 10.1. The van der Waals surface area contributed by atoms with E-state index in [4.69, 9.17) is 4.74 Å². The average Bonchev–Trinajstić information content (AvgIpc) is 2.75. The number of ether oxygens (including phenoxy) is 1. The summed E-state index contributed by atoms with van der Waals surface area (Å²) in [5.74, 6) is 0.346. The highest BCUT2D eigenvalue weighted by Gasteiger charge is 2.21. The summed E-state index contributed by atoms with van der Waals surface area (Å²) in [4.78, 5) is 12.8. The van der Waals surface area contributed by atoms with E-state index < -0.39 is 4.92 Å². The minimum absolute atomic E-state index is 0.0246. The number of hydrogen-bond donors (Lipinski definition) is 1. The largest absolute Gasteiger partial charge is 0.487 e. The Hall–Kier alpha value is -1.82. The molecule has 1 heterocycles. The zero-order valence-electron chi connectivity index (χ0n) is 12.7. The summed E-state index contributed by atoms with van der Waals surface area (Å²) >= 11 is 0. The lowest BCUT2D eigenvalue weighted by Crippen LogP contribution is -2.32. The van der Waals surface area contributed by atoms with E-state index in [1.54, 1.807) is 12.1 Å². The van der Waals surface area contributed by atoms with Gasteiger partial charge in [-0.15, -0.1) is 0 Å². The first-order valence-corrected chi connectivity index (χ1v) is 7.48. The van der Waals surface area contributed by atoms with Crippen LogP contribution in [0.25, 0.3) is 0 Å². The van der Waals surface area contributed by atoms with E-state index in [0.717, 1.165) is 38.0 Å². The third kappa shape index (κ3) is 3.85. The van der Waals surface area contributed by atoms with Crippen LogP contribution in [0.4, 0.5) is 11.4 Å². The first-order valence-electron chi connectivity index (χ1n) is 7.48. The standard InChI is InChI=1S/C15H23N3O3/c1-3-21-15-11-13(6-7-14(15)18(19)20)17(2)12-5-4-9-16-10-8-12/h6-7,11-12,16H,3-5,8-10H2,1-2H3. The van der Waals surface area contributed by atoms with Crippen molar-refractivity contribution in [1.82, 2.24) is 5.32 Å². The highest BCUT2D eigenvalue weighted by Crippen LogP contribution is 2.32. The predicted molar refractivity (Wildman–Crippen MR) is 83.2 cm³/mol. The van der Waals surface area contributed by atoms with Crippen LogP contribution in [0.3, 0.4) is 0 Å². The number of anilines is 1. The van der Waals surface area contributed by atoms with E-state index in [9.17, 15) is 10.1 Å². The summed E-state index contributed by atoms with van der Waals surface area (Å²) in [6.45, 7) is 4.33. The summed E-state index contributed by atoms with van der Waals surface area (Å²) in [5, 5.41) is 14.4. The molecule has 1 aliphatic rings. The van der Waals surface area contributed by atoms with E-state index in [2.05, 4.69) is 10.2 Å². The number of nitrogens with zero attached hydrogens (tertiary/aromatic N) is 2. The van der Waals surface area contributed by atoms with Crippen molar-refractivity contribution >= 4 is 11.4 Å². The molecule has 0 bridgehead atoms. The van der Waals surface area contributed by atoms with Gasteiger partial charge in [0, 0.05) is 30.9 Å². The van der Waals surface area contributed by atoms with Gasteiger partial charge in [0.15, 0.2) is 5.75 Å². The topological polar surface area (TPSA) is 67.6 Å². The van der Waals surface area contributed by atoms with Gasteiger partial charge in [0.1, 0.15) is 0 Å². The maximum atomic E-state index is 11.0. The van der Waals surface area contributed by atoms with Crippen LogP contribution in [-0.2, 0) is 0 Å². The van der Waals surface area contributed by atoms with Gasteiger partial charge in [-0.05, 0) is 45.3 Å². The lowest BCUT2D eigenvalue weighted by molar-refractivity contribution is -0.385. The molecular weight excluding hydrogens is 270 g/mol. The van der Waals surface area contributed by atoms with Gasteiger partial charge >= 0.3 is 5.69 Å². The third-order valence-corrected chi connectivity index (χ3v) is 3.94. The maximum Gasteiger partial charge on any atom is 0.311 e. The Morgan fingerprint density at radius 3 is 2.95 bits per heavy atom. The highest BCUT2D eigenvalue weighted by molar-refractivity contribution is 5.59. The molecule has 1 aromatic carbocycles. The van der Waals surface area contributed by atoms with Gasteiger partial charge in [-0.3, -0.25) is 10.1 Å². The van der Waals surface area contributed by atoms with Crippen LogP contribution >= 0.6 is 0 Å². The monoisotopic (exact) mass is 293 g/mol. The molecule has 0 radical (unpaired) electrons. The van der Waals surface area contributed by atoms with Crippen molar-refractivity contribution in [3.8, 4) is 5.75 Å². The minimum Gasteiger partial charge on any atom is -0.487 e. The zero-order chi connectivity index (χ0) is 15.2. The summed E-state index contributed by atoms with van der Waals surface area (Å²) in [5.41, 5.74) is 0.993. The third-order valence-electron chi connectivity index (χ3n) is 3.94. The normalized spacial score (nSPS) is 18.9. The molecule has 0 saturated carbocycles. The van der Waals surface area contributed by atoms with Crippen LogP contribution in [0.15, 0.2) is 18.2 Å². The van der Waals surface area contributed by atoms with Crippen molar-refractivity contribution in [2.45, 2.75) is 32.2 Å². The summed E-state index contributed by atoms with van der Waals surface area (Å²) < 4.78 is 5.42. The van der Waals surface area contributed by atoms with Crippen molar-refractivity contribution in [3.63, 3.8) is 0 Å². The second-order valence-electron chi connectivity index (χ2n) is 5.29. The second-order valence-corrected chi connectivity index (χ2v) is 5.29. The molecule has 6 heteroatoms. The maximum absolute atomic E-state index is 11.0. The van der Waals surface area contributed by atoms with Gasteiger partial charge in [-0.1, -0.05) is 0 Å².